The minimum Gasteiger partial charge on any atom is -0.392 e. The molecule has 0 radical (unpaired) electrons. The summed E-state index contributed by atoms with van der Waals surface area (Å²) in [5.41, 5.74) is 2.98. The SMILES string of the molecule is C=C(CO)C1=C(S(=O)(=O)c2ccccc2)CCCC/C1=C\c1ccccc1. The van der Waals surface area contributed by atoms with Crippen molar-refractivity contribution in [3.63, 3.8) is 0 Å². The lowest BCUT2D eigenvalue weighted by Gasteiger charge is -2.17. The first kappa shape index (κ1) is 19.3. The van der Waals surface area contributed by atoms with Crippen molar-refractivity contribution in [2.45, 2.75) is 30.6 Å². The summed E-state index contributed by atoms with van der Waals surface area (Å²) in [6, 6.07) is 18.3. The topological polar surface area (TPSA) is 54.4 Å². The van der Waals surface area contributed by atoms with Crippen LogP contribution >= 0.6 is 0 Å². The van der Waals surface area contributed by atoms with Crippen molar-refractivity contribution in [3.8, 4) is 0 Å². The second kappa shape index (κ2) is 8.51. The molecule has 4 heteroatoms. The Balaban J connectivity index is 2.22. The predicted molar refractivity (Wildman–Crippen MR) is 110 cm³/mol. The maximum atomic E-state index is 13.4. The Labute approximate surface area is 161 Å². The molecule has 0 bridgehead atoms. The van der Waals surface area contributed by atoms with Crippen molar-refractivity contribution in [1.82, 2.24) is 0 Å². The van der Waals surface area contributed by atoms with Gasteiger partial charge in [-0.25, -0.2) is 8.42 Å². The van der Waals surface area contributed by atoms with Crippen molar-refractivity contribution in [2.24, 2.45) is 0 Å². The average Bonchev–Trinajstić information content (AvgIpc) is 2.92. The molecule has 0 saturated carbocycles. The molecule has 0 amide bonds. The highest BCUT2D eigenvalue weighted by atomic mass is 32.2. The van der Waals surface area contributed by atoms with Gasteiger partial charge in [0.15, 0.2) is 0 Å². The van der Waals surface area contributed by atoms with E-state index in [9.17, 15) is 13.5 Å². The van der Waals surface area contributed by atoms with Gasteiger partial charge in [0, 0.05) is 0 Å². The van der Waals surface area contributed by atoms with E-state index in [1.165, 1.54) is 0 Å². The predicted octanol–water partition coefficient (Wildman–Crippen LogP) is 4.92. The van der Waals surface area contributed by atoms with Crippen LogP contribution in [0.5, 0.6) is 0 Å². The minimum atomic E-state index is -3.65. The summed E-state index contributed by atoms with van der Waals surface area (Å²) >= 11 is 0. The normalized spacial score (nSPS) is 17.0. The zero-order valence-corrected chi connectivity index (χ0v) is 16.1. The number of rotatable bonds is 5. The average molecular weight is 381 g/mol. The van der Waals surface area contributed by atoms with Gasteiger partial charge in [0.25, 0.3) is 0 Å². The van der Waals surface area contributed by atoms with Gasteiger partial charge < -0.3 is 5.11 Å². The van der Waals surface area contributed by atoms with Crippen LogP contribution in [-0.4, -0.2) is 20.1 Å². The largest absolute Gasteiger partial charge is 0.392 e. The first-order valence-electron chi connectivity index (χ1n) is 9.12. The molecule has 0 fully saturated rings. The van der Waals surface area contributed by atoms with Gasteiger partial charge in [-0.05, 0) is 60.1 Å². The number of hydrogen-bond acceptors (Lipinski definition) is 3. The van der Waals surface area contributed by atoms with Crippen LogP contribution in [0.2, 0.25) is 0 Å². The second-order valence-corrected chi connectivity index (χ2v) is 8.63. The first-order chi connectivity index (χ1) is 13.0. The fourth-order valence-corrected chi connectivity index (χ4v) is 5.20. The van der Waals surface area contributed by atoms with Crippen molar-refractivity contribution < 1.29 is 13.5 Å². The Hall–Kier alpha value is -2.43. The van der Waals surface area contributed by atoms with E-state index in [4.69, 9.17) is 0 Å². The van der Waals surface area contributed by atoms with E-state index >= 15 is 0 Å². The summed E-state index contributed by atoms with van der Waals surface area (Å²) in [7, 11) is -3.65. The molecule has 0 spiro atoms. The van der Waals surface area contributed by atoms with Crippen molar-refractivity contribution >= 4 is 15.9 Å². The zero-order chi connectivity index (χ0) is 19.3. The fourth-order valence-electron chi connectivity index (χ4n) is 3.44. The summed E-state index contributed by atoms with van der Waals surface area (Å²) in [5.74, 6) is 0. The molecule has 1 N–H and O–H groups in total. The Bertz CT molecular complexity index is 969. The third-order valence-electron chi connectivity index (χ3n) is 4.76. The van der Waals surface area contributed by atoms with Crippen LogP contribution in [0.4, 0.5) is 0 Å². The third-order valence-corrected chi connectivity index (χ3v) is 6.71. The maximum Gasteiger partial charge on any atom is 0.203 e. The molecule has 27 heavy (non-hydrogen) atoms. The Kier molecular flexibility index (Phi) is 6.09. The van der Waals surface area contributed by atoms with E-state index in [2.05, 4.69) is 6.58 Å². The molecule has 0 atom stereocenters. The lowest BCUT2D eigenvalue weighted by Crippen LogP contribution is -2.10. The Morgan fingerprint density at radius 2 is 1.56 bits per heavy atom. The quantitative estimate of drug-likeness (QED) is 0.801. The van der Waals surface area contributed by atoms with Crippen LogP contribution < -0.4 is 0 Å². The zero-order valence-electron chi connectivity index (χ0n) is 15.3. The number of hydrogen-bond donors (Lipinski definition) is 1. The van der Waals surface area contributed by atoms with Crippen LogP contribution in [0.3, 0.4) is 0 Å². The van der Waals surface area contributed by atoms with E-state index in [0.717, 1.165) is 30.4 Å². The second-order valence-electron chi connectivity index (χ2n) is 6.66. The van der Waals surface area contributed by atoms with E-state index in [0.29, 0.717) is 22.5 Å². The lowest BCUT2D eigenvalue weighted by molar-refractivity contribution is 0.334. The molecular formula is C23H24O3S. The van der Waals surface area contributed by atoms with E-state index in [1.807, 2.05) is 36.4 Å². The molecule has 0 heterocycles. The molecule has 0 unspecified atom stereocenters. The van der Waals surface area contributed by atoms with Crippen LogP contribution in [0.25, 0.3) is 6.08 Å². The summed E-state index contributed by atoms with van der Waals surface area (Å²) in [6.07, 6.45) is 4.92. The smallest absolute Gasteiger partial charge is 0.203 e. The monoisotopic (exact) mass is 380 g/mol. The summed E-state index contributed by atoms with van der Waals surface area (Å²) < 4.78 is 26.7. The van der Waals surface area contributed by atoms with Crippen LogP contribution in [0, 0.1) is 0 Å². The standard InChI is InChI=1S/C23H24O3S/c1-18(17-24)23-20(16-19-10-4-2-5-11-19)12-8-9-15-22(23)27(25,26)21-13-6-3-7-14-21/h2-7,10-11,13-14,16,24H,1,8-9,12,15,17H2/b20-16+. The molecule has 1 aliphatic carbocycles. The number of benzene rings is 2. The maximum absolute atomic E-state index is 13.4. The molecule has 2 aromatic rings. The highest BCUT2D eigenvalue weighted by molar-refractivity contribution is 7.95. The highest BCUT2D eigenvalue weighted by Gasteiger charge is 2.28. The van der Waals surface area contributed by atoms with Crippen LogP contribution in [-0.2, 0) is 9.84 Å². The molecule has 2 aromatic carbocycles. The van der Waals surface area contributed by atoms with Crippen LogP contribution in [0.1, 0.15) is 31.2 Å². The highest BCUT2D eigenvalue weighted by Crippen LogP contribution is 2.38. The lowest BCUT2D eigenvalue weighted by atomic mass is 9.95. The van der Waals surface area contributed by atoms with Crippen molar-refractivity contribution in [1.29, 1.82) is 0 Å². The van der Waals surface area contributed by atoms with Gasteiger partial charge in [-0.3, -0.25) is 0 Å². The van der Waals surface area contributed by atoms with Gasteiger partial charge in [-0.2, -0.15) is 0 Å². The molecule has 1 aliphatic rings. The number of aliphatic hydroxyl groups excluding tert-OH is 1. The van der Waals surface area contributed by atoms with Crippen molar-refractivity contribution in [2.75, 3.05) is 6.61 Å². The molecule has 3 nitrogen and oxygen atoms in total. The number of allylic oxidation sites excluding steroid dienone is 2. The van der Waals surface area contributed by atoms with Crippen LogP contribution in [0.15, 0.2) is 93.8 Å². The van der Waals surface area contributed by atoms with Crippen molar-refractivity contribution in [3.05, 3.63) is 94.4 Å². The Morgan fingerprint density at radius 3 is 2.19 bits per heavy atom. The van der Waals surface area contributed by atoms with Gasteiger partial charge in [0.2, 0.25) is 9.84 Å². The molecule has 0 aromatic heterocycles. The molecule has 3 rings (SSSR count). The van der Waals surface area contributed by atoms with Gasteiger partial charge in [-0.1, -0.05) is 61.2 Å². The number of aliphatic hydroxyl groups is 1. The first-order valence-corrected chi connectivity index (χ1v) is 10.6. The third kappa shape index (κ3) is 4.29. The van der Waals surface area contributed by atoms with Gasteiger partial charge in [0.05, 0.1) is 16.4 Å². The summed E-state index contributed by atoms with van der Waals surface area (Å²) in [5, 5.41) is 9.76. The van der Waals surface area contributed by atoms with Gasteiger partial charge in [0.1, 0.15) is 0 Å². The van der Waals surface area contributed by atoms with E-state index in [-0.39, 0.29) is 11.5 Å². The molecule has 0 saturated heterocycles. The van der Waals surface area contributed by atoms with Gasteiger partial charge >= 0.3 is 0 Å². The summed E-state index contributed by atoms with van der Waals surface area (Å²) in [6.45, 7) is 3.71. The van der Waals surface area contributed by atoms with E-state index < -0.39 is 9.84 Å². The van der Waals surface area contributed by atoms with Gasteiger partial charge in [-0.15, -0.1) is 0 Å². The Morgan fingerprint density at radius 1 is 0.963 bits per heavy atom. The fraction of sp³-hybridized carbons (Fsp3) is 0.217. The molecule has 140 valence electrons. The minimum absolute atomic E-state index is 0.269. The molecular weight excluding hydrogens is 356 g/mol. The molecule has 0 aliphatic heterocycles. The van der Waals surface area contributed by atoms with E-state index in [1.54, 1.807) is 30.3 Å². The number of sulfone groups is 1. The summed E-state index contributed by atoms with van der Waals surface area (Å²) in [4.78, 5) is 0.650.